The fourth-order valence-electron chi connectivity index (χ4n) is 1.05. The maximum Gasteiger partial charge on any atom is 0.116 e. The molecule has 0 aliphatic heterocycles. The smallest absolute Gasteiger partial charge is 0.116 e. The number of hydrogen-bond acceptors (Lipinski definition) is 3. The Kier molecular flexibility index (Phi) is 1.59. The molecule has 60 valence electrons. The second-order valence-corrected chi connectivity index (χ2v) is 2.48. The van der Waals surface area contributed by atoms with E-state index in [4.69, 9.17) is 0 Å². The first-order valence-electron chi connectivity index (χ1n) is 3.60. The number of aromatic nitrogens is 4. The third-order valence-electron chi connectivity index (χ3n) is 1.66. The fourth-order valence-corrected chi connectivity index (χ4v) is 1.05. The summed E-state index contributed by atoms with van der Waals surface area (Å²) in [6.07, 6.45) is 6.78. The molecule has 0 saturated carbocycles. The Morgan fingerprint density at radius 3 is 2.83 bits per heavy atom. The lowest BCUT2D eigenvalue weighted by Crippen LogP contribution is -1.91. The number of nitrogens with zero attached hydrogens (tertiary/aromatic N) is 4. The maximum absolute atomic E-state index is 4.11. The third kappa shape index (κ3) is 1.07. The maximum atomic E-state index is 4.11. The monoisotopic (exact) mass is 160 g/mol. The molecule has 4 nitrogen and oxygen atoms in total. The van der Waals surface area contributed by atoms with Gasteiger partial charge >= 0.3 is 0 Å². The highest BCUT2D eigenvalue weighted by atomic mass is 15.0. The Bertz CT molecular complexity index is 366. The predicted molar refractivity (Wildman–Crippen MR) is 44.2 cm³/mol. The molecule has 0 aliphatic rings. The second-order valence-electron chi connectivity index (χ2n) is 2.48. The Labute approximate surface area is 69.9 Å². The lowest BCUT2D eigenvalue weighted by molar-refractivity contribution is 0.914. The lowest BCUT2D eigenvalue weighted by Gasteiger charge is -1.98. The summed E-state index contributed by atoms with van der Waals surface area (Å²) in [6, 6.07) is 1.86. The van der Waals surface area contributed by atoms with Crippen molar-refractivity contribution in [1.29, 1.82) is 0 Å². The van der Waals surface area contributed by atoms with Crippen molar-refractivity contribution < 1.29 is 0 Å². The standard InChI is InChI=1S/C8H8N4/c1-12-6-10-4-8(12)7-2-3-9-5-11-7/h2-6H,1H3. The molecule has 0 saturated heterocycles. The van der Waals surface area contributed by atoms with Gasteiger partial charge in [-0.1, -0.05) is 0 Å². The molecule has 0 unspecified atom stereocenters. The van der Waals surface area contributed by atoms with Gasteiger partial charge in [0.2, 0.25) is 0 Å². The van der Waals surface area contributed by atoms with Gasteiger partial charge in [-0.2, -0.15) is 0 Å². The molecule has 0 aromatic carbocycles. The van der Waals surface area contributed by atoms with E-state index in [0.717, 1.165) is 11.4 Å². The van der Waals surface area contributed by atoms with Crippen molar-refractivity contribution in [3.8, 4) is 11.4 Å². The molecule has 0 amide bonds. The van der Waals surface area contributed by atoms with Gasteiger partial charge in [-0.25, -0.2) is 15.0 Å². The summed E-state index contributed by atoms with van der Waals surface area (Å²) in [7, 11) is 1.93. The van der Waals surface area contributed by atoms with Crippen molar-refractivity contribution in [3.63, 3.8) is 0 Å². The van der Waals surface area contributed by atoms with Crippen molar-refractivity contribution in [2.24, 2.45) is 7.05 Å². The van der Waals surface area contributed by atoms with E-state index >= 15 is 0 Å². The van der Waals surface area contributed by atoms with Gasteiger partial charge in [0.1, 0.15) is 6.33 Å². The van der Waals surface area contributed by atoms with Gasteiger partial charge in [0, 0.05) is 13.2 Å². The van der Waals surface area contributed by atoms with Gasteiger partial charge in [0.15, 0.2) is 0 Å². The van der Waals surface area contributed by atoms with Crippen molar-refractivity contribution in [2.75, 3.05) is 0 Å². The van der Waals surface area contributed by atoms with Crippen molar-refractivity contribution in [1.82, 2.24) is 19.5 Å². The second kappa shape index (κ2) is 2.73. The summed E-state index contributed by atoms with van der Waals surface area (Å²) in [5.41, 5.74) is 1.89. The van der Waals surface area contributed by atoms with Crippen LogP contribution in [0.25, 0.3) is 11.4 Å². The summed E-state index contributed by atoms with van der Waals surface area (Å²) in [5, 5.41) is 0. The van der Waals surface area contributed by atoms with Gasteiger partial charge in [-0.05, 0) is 6.07 Å². The van der Waals surface area contributed by atoms with E-state index in [0.29, 0.717) is 0 Å². The van der Waals surface area contributed by atoms with Gasteiger partial charge < -0.3 is 4.57 Å². The molecule has 0 radical (unpaired) electrons. The molecule has 0 fully saturated rings. The SMILES string of the molecule is Cn1cncc1-c1ccncn1. The summed E-state index contributed by atoms with van der Waals surface area (Å²) < 4.78 is 1.92. The number of hydrogen-bond donors (Lipinski definition) is 0. The molecule has 0 aliphatic carbocycles. The zero-order valence-electron chi connectivity index (χ0n) is 6.68. The molecule has 2 heterocycles. The quantitative estimate of drug-likeness (QED) is 0.622. The minimum absolute atomic E-state index is 0.894. The van der Waals surface area contributed by atoms with E-state index in [2.05, 4.69) is 15.0 Å². The van der Waals surface area contributed by atoms with Crippen molar-refractivity contribution >= 4 is 0 Å². The van der Waals surface area contributed by atoms with E-state index in [9.17, 15) is 0 Å². The normalized spacial score (nSPS) is 10.1. The van der Waals surface area contributed by atoms with E-state index in [1.165, 1.54) is 6.33 Å². The molecule has 2 rings (SSSR count). The van der Waals surface area contributed by atoms with Gasteiger partial charge in [0.05, 0.1) is 23.9 Å². The Morgan fingerprint density at radius 2 is 2.25 bits per heavy atom. The first kappa shape index (κ1) is 6.97. The molecular formula is C8H8N4. The number of aryl methyl sites for hydroxylation is 1. The highest BCUT2D eigenvalue weighted by molar-refractivity contribution is 5.52. The van der Waals surface area contributed by atoms with Crippen LogP contribution in [0.4, 0.5) is 0 Å². The third-order valence-corrected chi connectivity index (χ3v) is 1.66. The number of rotatable bonds is 1. The zero-order valence-corrected chi connectivity index (χ0v) is 6.68. The van der Waals surface area contributed by atoms with Crippen LogP contribution in [0.2, 0.25) is 0 Å². The van der Waals surface area contributed by atoms with Crippen LogP contribution in [-0.4, -0.2) is 19.5 Å². The molecule has 0 N–H and O–H groups in total. The molecule has 0 atom stereocenters. The fraction of sp³-hybridized carbons (Fsp3) is 0.125. The first-order chi connectivity index (χ1) is 5.88. The molecule has 0 spiro atoms. The lowest BCUT2D eigenvalue weighted by atomic mass is 10.3. The van der Waals surface area contributed by atoms with Crippen LogP contribution in [0.1, 0.15) is 0 Å². The number of imidazole rings is 1. The van der Waals surface area contributed by atoms with Gasteiger partial charge in [-0.15, -0.1) is 0 Å². The average molecular weight is 160 g/mol. The van der Waals surface area contributed by atoms with E-state index in [1.807, 2.05) is 17.7 Å². The highest BCUT2D eigenvalue weighted by Gasteiger charge is 2.01. The minimum atomic E-state index is 0.894. The Morgan fingerprint density at radius 1 is 1.33 bits per heavy atom. The topological polar surface area (TPSA) is 43.6 Å². The summed E-state index contributed by atoms with van der Waals surface area (Å²) in [5.74, 6) is 0. The first-order valence-corrected chi connectivity index (χ1v) is 3.60. The van der Waals surface area contributed by atoms with Crippen LogP contribution in [0.15, 0.2) is 31.1 Å². The van der Waals surface area contributed by atoms with Crippen LogP contribution in [-0.2, 0) is 7.05 Å². The van der Waals surface area contributed by atoms with Crippen molar-refractivity contribution in [2.45, 2.75) is 0 Å². The Balaban J connectivity index is 2.51. The largest absolute Gasteiger partial charge is 0.332 e. The summed E-state index contributed by atoms with van der Waals surface area (Å²) in [6.45, 7) is 0. The van der Waals surface area contributed by atoms with Crippen LogP contribution in [0.5, 0.6) is 0 Å². The van der Waals surface area contributed by atoms with Crippen LogP contribution in [0, 0.1) is 0 Å². The summed E-state index contributed by atoms with van der Waals surface area (Å²) >= 11 is 0. The molecule has 12 heavy (non-hydrogen) atoms. The predicted octanol–water partition coefficient (Wildman–Crippen LogP) is 0.877. The Hall–Kier alpha value is -1.71. The van der Waals surface area contributed by atoms with E-state index in [-0.39, 0.29) is 0 Å². The van der Waals surface area contributed by atoms with Gasteiger partial charge in [-0.3, -0.25) is 0 Å². The van der Waals surface area contributed by atoms with E-state index in [1.54, 1.807) is 18.7 Å². The minimum Gasteiger partial charge on any atom is -0.332 e. The van der Waals surface area contributed by atoms with Crippen molar-refractivity contribution in [3.05, 3.63) is 31.1 Å². The van der Waals surface area contributed by atoms with Crippen LogP contribution < -0.4 is 0 Å². The molecule has 4 heteroatoms. The highest BCUT2D eigenvalue weighted by Crippen LogP contribution is 2.12. The molecule has 2 aromatic rings. The molecular weight excluding hydrogens is 152 g/mol. The zero-order chi connectivity index (χ0) is 8.39. The average Bonchev–Trinajstić information content (AvgIpc) is 2.53. The molecule has 0 bridgehead atoms. The van der Waals surface area contributed by atoms with Gasteiger partial charge in [0.25, 0.3) is 0 Å². The summed E-state index contributed by atoms with van der Waals surface area (Å²) in [4.78, 5) is 12.0. The van der Waals surface area contributed by atoms with Crippen LogP contribution >= 0.6 is 0 Å². The van der Waals surface area contributed by atoms with Crippen LogP contribution in [0.3, 0.4) is 0 Å². The van der Waals surface area contributed by atoms with E-state index < -0.39 is 0 Å². The molecule has 2 aromatic heterocycles.